The number of rotatable bonds is 7. The molecule has 1 aromatic rings. The maximum Gasteiger partial charge on any atom is 0.123 e. The highest BCUT2D eigenvalue weighted by Crippen LogP contribution is 2.19. The summed E-state index contributed by atoms with van der Waals surface area (Å²) in [6, 6.07) is 6.70. The standard InChI is InChI=1S/C12H18FNS/c1-2-14-9-3-4-10-15-12-7-5-11(13)6-8-12/h5-8,14H,2-4,9-10H2,1H3. The Morgan fingerprint density at radius 1 is 1.20 bits per heavy atom. The van der Waals surface area contributed by atoms with Gasteiger partial charge in [-0.25, -0.2) is 4.39 Å². The Bertz CT molecular complexity index is 261. The van der Waals surface area contributed by atoms with Crippen LogP contribution >= 0.6 is 11.8 Å². The second-order valence-corrected chi connectivity index (χ2v) is 4.53. The maximum atomic E-state index is 12.6. The fraction of sp³-hybridized carbons (Fsp3) is 0.500. The van der Waals surface area contributed by atoms with Crippen molar-refractivity contribution in [2.75, 3.05) is 18.8 Å². The average molecular weight is 227 g/mol. The molecule has 0 spiro atoms. The lowest BCUT2D eigenvalue weighted by atomic mass is 10.3. The number of halogens is 1. The Balaban J connectivity index is 2.07. The fourth-order valence-electron chi connectivity index (χ4n) is 1.25. The van der Waals surface area contributed by atoms with Crippen LogP contribution in [0.5, 0.6) is 0 Å². The molecule has 1 N–H and O–H groups in total. The number of hydrogen-bond donors (Lipinski definition) is 1. The molecule has 0 unspecified atom stereocenters. The van der Waals surface area contributed by atoms with Gasteiger partial charge in [0.1, 0.15) is 5.82 Å². The monoisotopic (exact) mass is 227 g/mol. The van der Waals surface area contributed by atoms with Crippen molar-refractivity contribution in [3.8, 4) is 0 Å². The van der Waals surface area contributed by atoms with Crippen molar-refractivity contribution in [1.82, 2.24) is 5.32 Å². The number of hydrogen-bond acceptors (Lipinski definition) is 2. The van der Waals surface area contributed by atoms with E-state index in [1.54, 1.807) is 11.8 Å². The van der Waals surface area contributed by atoms with Gasteiger partial charge in [0.15, 0.2) is 0 Å². The number of unbranched alkanes of at least 4 members (excludes halogenated alkanes) is 1. The van der Waals surface area contributed by atoms with Gasteiger partial charge in [0.25, 0.3) is 0 Å². The zero-order valence-electron chi connectivity index (χ0n) is 9.13. The van der Waals surface area contributed by atoms with Crippen LogP contribution < -0.4 is 5.32 Å². The average Bonchev–Trinajstić information content (AvgIpc) is 2.26. The maximum absolute atomic E-state index is 12.6. The van der Waals surface area contributed by atoms with Crippen molar-refractivity contribution in [3.05, 3.63) is 30.1 Å². The molecule has 0 atom stereocenters. The van der Waals surface area contributed by atoms with Gasteiger partial charge in [0.05, 0.1) is 0 Å². The highest BCUT2D eigenvalue weighted by atomic mass is 32.2. The third kappa shape index (κ3) is 5.80. The molecule has 0 aliphatic rings. The molecule has 0 aromatic heterocycles. The quantitative estimate of drug-likeness (QED) is 0.566. The van der Waals surface area contributed by atoms with Gasteiger partial charge in [-0.15, -0.1) is 11.8 Å². The highest BCUT2D eigenvalue weighted by molar-refractivity contribution is 7.99. The Labute approximate surface area is 95.5 Å². The van der Waals surface area contributed by atoms with E-state index in [-0.39, 0.29) is 5.82 Å². The predicted molar refractivity (Wildman–Crippen MR) is 64.9 cm³/mol. The van der Waals surface area contributed by atoms with Crippen LogP contribution in [0, 0.1) is 5.82 Å². The second kappa shape index (κ2) is 7.71. The third-order valence-corrected chi connectivity index (χ3v) is 3.18. The Morgan fingerprint density at radius 3 is 2.60 bits per heavy atom. The lowest BCUT2D eigenvalue weighted by molar-refractivity contribution is 0.626. The summed E-state index contributed by atoms with van der Waals surface area (Å²) in [5.41, 5.74) is 0. The van der Waals surface area contributed by atoms with E-state index in [4.69, 9.17) is 0 Å². The largest absolute Gasteiger partial charge is 0.317 e. The fourth-order valence-corrected chi connectivity index (χ4v) is 2.16. The molecule has 0 saturated carbocycles. The minimum Gasteiger partial charge on any atom is -0.317 e. The molecule has 3 heteroatoms. The van der Waals surface area contributed by atoms with Crippen LogP contribution in [-0.2, 0) is 0 Å². The van der Waals surface area contributed by atoms with Gasteiger partial charge in [-0.2, -0.15) is 0 Å². The number of thioether (sulfide) groups is 1. The van der Waals surface area contributed by atoms with Crippen molar-refractivity contribution in [3.63, 3.8) is 0 Å². The van der Waals surface area contributed by atoms with Crippen molar-refractivity contribution in [2.45, 2.75) is 24.7 Å². The summed E-state index contributed by atoms with van der Waals surface area (Å²) in [7, 11) is 0. The van der Waals surface area contributed by atoms with E-state index in [1.165, 1.54) is 25.0 Å². The summed E-state index contributed by atoms with van der Waals surface area (Å²) >= 11 is 1.79. The normalized spacial score (nSPS) is 10.5. The van der Waals surface area contributed by atoms with Crippen LogP contribution in [0.25, 0.3) is 0 Å². The SMILES string of the molecule is CCNCCCCSc1ccc(F)cc1. The van der Waals surface area contributed by atoms with Crippen molar-refractivity contribution in [1.29, 1.82) is 0 Å². The highest BCUT2D eigenvalue weighted by Gasteiger charge is 1.94. The van der Waals surface area contributed by atoms with E-state index in [1.807, 2.05) is 12.1 Å². The van der Waals surface area contributed by atoms with E-state index in [9.17, 15) is 4.39 Å². The smallest absolute Gasteiger partial charge is 0.123 e. The Morgan fingerprint density at radius 2 is 1.93 bits per heavy atom. The molecule has 0 aliphatic heterocycles. The molecule has 15 heavy (non-hydrogen) atoms. The molecule has 0 fully saturated rings. The summed E-state index contributed by atoms with van der Waals surface area (Å²) in [4.78, 5) is 1.15. The van der Waals surface area contributed by atoms with Gasteiger partial charge in [0, 0.05) is 4.90 Å². The molecule has 1 rings (SSSR count). The van der Waals surface area contributed by atoms with Crippen LogP contribution in [0.1, 0.15) is 19.8 Å². The van der Waals surface area contributed by atoms with E-state index in [0.717, 1.165) is 23.7 Å². The molecule has 84 valence electrons. The van der Waals surface area contributed by atoms with Gasteiger partial charge in [-0.1, -0.05) is 6.92 Å². The first kappa shape index (κ1) is 12.5. The first-order valence-electron chi connectivity index (χ1n) is 5.42. The zero-order chi connectivity index (χ0) is 10.9. The summed E-state index contributed by atoms with van der Waals surface area (Å²) in [6.45, 7) is 4.26. The molecular weight excluding hydrogens is 209 g/mol. The summed E-state index contributed by atoms with van der Waals surface area (Å²) < 4.78 is 12.6. The van der Waals surface area contributed by atoms with Crippen molar-refractivity contribution >= 4 is 11.8 Å². The molecule has 0 saturated heterocycles. The topological polar surface area (TPSA) is 12.0 Å². The minimum atomic E-state index is -0.161. The molecule has 1 nitrogen and oxygen atoms in total. The van der Waals surface area contributed by atoms with Crippen LogP contribution in [0.15, 0.2) is 29.2 Å². The summed E-state index contributed by atoms with van der Waals surface area (Å²) in [6.07, 6.45) is 2.41. The first-order valence-corrected chi connectivity index (χ1v) is 6.40. The lowest BCUT2D eigenvalue weighted by Crippen LogP contribution is -2.13. The van der Waals surface area contributed by atoms with Gasteiger partial charge < -0.3 is 5.32 Å². The molecule has 0 amide bonds. The minimum absolute atomic E-state index is 0.161. The van der Waals surface area contributed by atoms with Gasteiger partial charge >= 0.3 is 0 Å². The second-order valence-electron chi connectivity index (χ2n) is 3.36. The van der Waals surface area contributed by atoms with Crippen LogP contribution in [0.3, 0.4) is 0 Å². The van der Waals surface area contributed by atoms with Crippen molar-refractivity contribution < 1.29 is 4.39 Å². The molecule has 0 bridgehead atoms. The molecule has 0 radical (unpaired) electrons. The molecule has 0 aliphatic carbocycles. The number of nitrogens with one attached hydrogen (secondary N) is 1. The number of benzene rings is 1. The molecule has 1 aromatic carbocycles. The zero-order valence-corrected chi connectivity index (χ0v) is 9.95. The van der Waals surface area contributed by atoms with E-state index in [0.29, 0.717) is 0 Å². The third-order valence-electron chi connectivity index (χ3n) is 2.08. The van der Waals surface area contributed by atoms with Crippen LogP contribution in [0.2, 0.25) is 0 Å². The first-order chi connectivity index (χ1) is 7.33. The van der Waals surface area contributed by atoms with E-state index >= 15 is 0 Å². The van der Waals surface area contributed by atoms with Crippen LogP contribution in [-0.4, -0.2) is 18.8 Å². The van der Waals surface area contributed by atoms with Crippen molar-refractivity contribution in [2.24, 2.45) is 0 Å². The summed E-state index contributed by atoms with van der Waals surface area (Å²) in [5.74, 6) is 0.948. The van der Waals surface area contributed by atoms with Gasteiger partial charge in [-0.3, -0.25) is 0 Å². The van der Waals surface area contributed by atoms with Gasteiger partial charge in [0.2, 0.25) is 0 Å². The Hall–Kier alpha value is -0.540. The molecular formula is C12H18FNS. The van der Waals surface area contributed by atoms with Crippen LogP contribution in [0.4, 0.5) is 4.39 Å². The Kier molecular flexibility index (Phi) is 6.44. The van der Waals surface area contributed by atoms with Gasteiger partial charge in [-0.05, 0) is 55.9 Å². The van der Waals surface area contributed by atoms with E-state index < -0.39 is 0 Å². The predicted octanol–water partition coefficient (Wildman–Crippen LogP) is 3.31. The van der Waals surface area contributed by atoms with E-state index in [2.05, 4.69) is 12.2 Å². The molecule has 0 heterocycles. The summed E-state index contributed by atoms with van der Waals surface area (Å²) in [5, 5.41) is 3.30. The lowest BCUT2D eigenvalue weighted by Gasteiger charge is -2.02.